The maximum Gasteiger partial charge on any atom is 0.326 e. The molecule has 0 saturated carbocycles. The molecular weight excluding hydrogens is 267 g/mol. The SMILES string of the molecule is O=C(O)[C@H]1CCCN1C(=O)c1cc(Cl)c(Cl)[nH]1. The summed E-state index contributed by atoms with van der Waals surface area (Å²) in [5, 5.41) is 9.42. The van der Waals surface area contributed by atoms with Gasteiger partial charge >= 0.3 is 5.97 Å². The van der Waals surface area contributed by atoms with Gasteiger partial charge in [-0.25, -0.2) is 4.79 Å². The van der Waals surface area contributed by atoms with Gasteiger partial charge in [0.15, 0.2) is 0 Å². The van der Waals surface area contributed by atoms with E-state index in [0.29, 0.717) is 19.4 Å². The van der Waals surface area contributed by atoms with Crippen molar-refractivity contribution < 1.29 is 14.7 Å². The lowest BCUT2D eigenvalue weighted by Gasteiger charge is -2.20. The summed E-state index contributed by atoms with van der Waals surface area (Å²) in [6, 6.07) is 0.645. The van der Waals surface area contributed by atoms with Crippen LogP contribution in [0.4, 0.5) is 0 Å². The van der Waals surface area contributed by atoms with Gasteiger partial charge in [-0.1, -0.05) is 23.2 Å². The van der Waals surface area contributed by atoms with Crippen LogP contribution in [0, 0.1) is 0 Å². The van der Waals surface area contributed by atoms with Gasteiger partial charge in [-0.05, 0) is 18.9 Å². The number of carbonyl (C=O) groups excluding carboxylic acids is 1. The molecule has 1 fully saturated rings. The standard InChI is InChI=1S/C10H10Cl2N2O3/c11-5-4-6(13-8(5)12)9(15)14-3-1-2-7(14)10(16)17/h4,7,13H,1-3H2,(H,16,17)/t7-/m1/s1. The quantitative estimate of drug-likeness (QED) is 0.868. The van der Waals surface area contributed by atoms with Crippen LogP contribution in [0.1, 0.15) is 23.3 Å². The van der Waals surface area contributed by atoms with Crippen molar-refractivity contribution in [1.82, 2.24) is 9.88 Å². The molecule has 2 heterocycles. The highest BCUT2D eigenvalue weighted by Crippen LogP contribution is 2.25. The molecule has 0 aromatic carbocycles. The number of amides is 1. The number of halogens is 2. The topological polar surface area (TPSA) is 73.4 Å². The summed E-state index contributed by atoms with van der Waals surface area (Å²) in [5.74, 6) is -1.37. The lowest BCUT2D eigenvalue weighted by Crippen LogP contribution is -2.40. The summed E-state index contributed by atoms with van der Waals surface area (Å²) in [6.07, 6.45) is 1.16. The summed E-state index contributed by atoms with van der Waals surface area (Å²) in [5.41, 5.74) is 0.216. The molecule has 1 saturated heterocycles. The van der Waals surface area contributed by atoms with Crippen molar-refractivity contribution in [3.05, 3.63) is 21.9 Å². The summed E-state index contributed by atoms with van der Waals surface area (Å²) < 4.78 is 0. The van der Waals surface area contributed by atoms with E-state index >= 15 is 0 Å². The van der Waals surface area contributed by atoms with E-state index in [2.05, 4.69) is 4.98 Å². The Hall–Kier alpha value is -1.20. The van der Waals surface area contributed by atoms with Crippen molar-refractivity contribution in [2.24, 2.45) is 0 Å². The maximum absolute atomic E-state index is 12.0. The number of carboxylic acid groups (broad SMARTS) is 1. The number of carbonyl (C=O) groups is 2. The number of aromatic nitrogens is 1. The maximum atomic E-state index is 12.0. The third kappa shape index (κ3) is 2.25. The van der Waals surface area contributed by atoms with E-state index < -0.39 is 12.0 Å². The number of nitrogens with one attached hydrogen (secondary N) is 1. The second-order valence-corrected chi connectivity index (χ2v) is 4.62. The number of rotatable bonds is 2. The van der Waals surface area contributed by atoms with E-state index in [-0.39, 0.29) is 21.8 Å². The molecule has 0 aliphatic carbocycles. The monoisotopic (exact) mass is 276 g/mol. The number of aliphatic carboxylic acids is 1. The second-order valence-electron chi connectivity index (χ2n) is 3.84. The number of carboxylic acids is 1. The number of hydrogen-bond acceptors (Lipinski definition) is 2. The zero-order chi connectivity index (χ0) is 12.6. The molecule has 0 unspecified atom stereocenters. The molecule has 2 N–H and O–H groups in total. The summed E-state index contributed by atoms with van der Waals surface area (Å²) in [7, 11) is 0. The first-order valence-corrected chi connectivity index (χ1v) is 5.84. The van der Waals surface area contributed by atoms with E-state index in [1.54, 1.807) is 0 Å². The predicted molar refractivity (Wildman–Crippen MR) is 62.5 cm³/mol. The lowest BCUT2D eigenvalue weighted by molar-refractivity contribution is -0.141. The lowest BCUT2D eigenvalue weighted by atomic mass is 10.2. The van der Waals surface area contributed by atoms with Crippen LogP contribution in [-0.2, 0) is 4.79 Å². The molecule has 0 bridgehead atoms. The molecule has 1 atom stereocenters. The smallest absolute Gasteiger partial charge is 0.326 e. The average Bonchev–Trinajstić information content (AvgIpc) is 2.85. The molecule has 0 spiro atoms. The van der Waals surface area contributed by atoms with Gasteiger partial charge in [0.1, 0.15) is 16.9 Å². The van der Waals surface area contributed by atoms with Gasteiger partial charge in [0.2, 0.25) is 0 Å². The van der Waals surface area contributed by atoms with Gasteiger partial charge < -0.3 is 15.0 Å². The van der Waals surface area contributed by atoms with E-state index in [4.69, 9.17) is 28.3 Å². The molecule has 17 heavy (non-hydrogen) atoms. The fraction of sp³-hybridized carbons (Fsp3) is 0.400. The minimum Gasteiger partial charge on any atom is -0.480 e. The van der Waals surface area contributed by atoms with E-state index in [1.807, 2.05) is 0 Å². The number of nitrogens with zero attached hydrogens (tertiary/aromatic N) is 1. The number of aromatic amines is 1. The minimum absolute atomic E-state index is 0.182. The number of likely N-dealkylation sites (tertiary alicyclic amines) is 1. The first kappa shape index (κ1) is 12.3. The van der Waals surface area contributed by atoms with Crippen LogP contribution in [0.25, 0.3) is 0 Å². The Morgan fingerprint density at radius 2 is 2.18 bits per heavy atom. The molecule has 1 aliphatic rings. The zero-order valence-corrected chi connectivity index (χ0v) is 10.3. The summed E-state index contributed by atoms with van der Waals surface area (Å²) in [4.78, 5) is 27.0. The Kier molecular flexibility index (Phi) is 3.31. The molecule has 2 rings (SSSR count). The molecular formula is C10H10Cl2N2O3. The molecule has 5 nitrogen and oxygen atoms in total. The molecule has 1 aromatic heterocycles. The first-order valence-electron chi connectivity index (χ1n) is 5.08. The highest BCUT2D eigenvalue weighted by atomic mass is 35.5. The van der Waals surface area contributed by atoms with Crippen LogP contribution in [0.5, 0.6) is 0 Å². The van der Waals surface area contributed by atoms with Crippen LogP contribution in [-0.4, -0.2) is 39.5 Å². The average molecular weight is 277 g/mol. The van der Waals surface area contributed by atoms with Crippen molar-refractivity contribution in [2.75, 3.05) is 6.54 Å². The van der Waals surface area contributed by atoms with Gasteiger partial charge in [0.25, 0.3) is 5.91 Å². The Labute approximate surface area is 107 Å². The molecule has 1 amide bonds. The molecule has 0 radical (unpaired) electrons. The fourth-order valence-corrected chi connectivity index (χ4v) is 2.25. The number of H-pyrrole nitrogens is 1. The van der Waals surface area contributed by atoms with Crippen LogP contribution in [0.15, 0.2) is 6.07 Å². The molecule has 92 valence electrons. The van der Waals surface area contributed by atoms with Crippen molar-refractivity contribution in [2.45, 2.75) is 18.9 Å². The molecule has 7 heteroatoms. The Morgan fingerprint density at radius 1 is 1.47 bits per heavy atom. The van der Waals surface area contributed by atoms with Gasteiger partial charge in [0, 0.05) is 6.54 Å². The predicted octanol–water partition coefficient (Wildman–Crippen LogP) is 2.01. The third-order valence-corrected chi connectivity index (χ3v) is 3.45. The van der Waals surface area contributed by atoms with Gasteiger partial charge in [0.05, 0.1) is 5.02 Å². The summed E-state index contributed by atoms with van der Waals surface area (Å²) in [6.45, 7) is 0.435. The zero-order valence-electron chi connectivity index (χ0n) is 8.74. The largest absolute Gasteiger partial charge is 0.480 e. The number of hydrogen-bond donors (Lipinski definition) is 2. The van der Waals surface area contributed by atoms with Crippen molar-refractivity contribution in [3.8, 4) is 0 Å². The highest BCUT2D eigenvalue weighted by molar-refractivity contribution is 6.41. The summed E-state index contributed by atoms with van der Waals surface area (Å²) >= 11 is 11.4. The van der Waals surface area contributed by atoms with Gasteiger partial charge in [-0.3, -0.25) is 4.79 Å². The van der Waals surface area contributed by atoms with Crippen molar-refractivity contribution >= 4 is 35.1 Å². The molecule has 1 aromatic rings. The Bertz CT molecular complexity index is 453. The van der Waals surface area contributed by atoms with Crippen LogP contribution in [0.3, 0.4) is 0 Å². The Morgan fingerprint density at radius 3 is 2.71 bits per heavy atom. The van der Waals surface area contributed by atoms with E-state index in [1.165, 1.54) is 11.0 Å². The van der Waals surface area contributed by atoms with Gasteiger partial charge in [-0.15, -0.1) is 0 Å². The van der Waals surface area contributed by atoms with Gasteiger partial charge in [-0.2, -0.15) is 0 Å². The first-order chi connectivity index (χ1) is 8.00. The fourth-order valence-electron chi connectivity index (χ4n) is 1.94. The normalized spacial score (nSPS) is 19.6. The second kappa shape index (κ2) is 4.58. The molecule has 1 aliphatic heterocycles. The van der Waals surface area contributed by atoms with Crippen LogP contribution >= 0.6 is 23.2 Å². The third-order valence-electron chi connectivity index (χ3n) is 2.75. The Balaban J connectivity index is 2.22. The van der Waals surface area contributed by atoms with Crippen molar-refractivity contribution in [3.63, 3.8) is 0 Å². The minimum atomic E-state index is -0.986. The highest BCUT2D eigenvalue weighted by Gasteiger charge is 2.35. The van der Waals surface area contributed by atoms with Crippen LogP contribution < -0.4 is 0 Å². The van der Waals surface area contributed by atoms with Crippen molar-refractivity contribution in [1.29, 1.82) is 0 Å². The van der Waals surface area contributed by atoms with E-state index in [9.17, 15) is 9.59 Å². The van der Waals surface area contributed by atoms with Crippen LogP contribution in [0.2, 0.25) is 10.2 Å². The van der Waals surface area contributed by atoms with E-state index in [0.717, 1.165) is 0 Å².